The largest absolute Gasteiger partial charge is 0.436 e. The van der Waals surface area contributed by atoms with Crippen molar-refractivity contribution in [3.63, 3.8) is 0 Å². The lowest BCUT2D eigenvalue weighted by Gasteiger charge is -2.26. The molecule has 0 N–H and O–H groups in total. The molecule has 0 saturated carbocycles. The monoisotopic (exact) mass is 614 g/mol. The van der Waals surface area contributed by atoms with E-state index in [1.165, 1.54) is 21.9 Å². The molecule has 9 aromatic rings. The Morgan fingerprint density at radius 2 is 0.938 bits per heavy atom. The van der Waals surface area contributed by atoms with E-state index in [-0.39, 0.29) is 0 Å². The van der Waals surface area contributed by atoms with Crippen LogP contribution in [0.15, 0.2) is 186 Å². The molecule has 0 atom stereocenters. The molecule has 3 nitrogen and oxygen atoms in total. The molecule has 0 unspecified atom stereocenters. The first-order valence-corrected chi connectivity index (χ1v) is 16.2. The Morgan fingerprint density at radius 1 is 0.396 bits per heavy atom. The fourth-order valence-electron chi connectivity index (χ4n) is 6.70. The van der Waals surface area contributed by atoms with E-state index in [0.717, 1.165) is 55.6 Å². The molecule has 9 rings (SSSR count). The topological polar surface area (TPSA) is 29.3 Å². The third-order valence-electron chi connectivity index (χ3n) is 9.06. The van der Waals surface area contributed by atoms with Crippen LogP contribution in [0.3, 0.4) is 0 Å². The zero-order valence-electron chi connectivity index (χ0n) is 26.1. The van der Waals surface area contributed by atoms with Gasteiger partial charge < -0.3 is 9.32 Å². The van der Waals surface area contributed by atoms with Crippen molar-refractivity contribution in [3.05, 3.63) is 182 Å². The van der Waals surface area contributed by atoms with Crippen LogP contribution >= 0.6 is 0 Å². The van der Waals surface area contributed by atoms with Crippen molar-refractivity contribution in [3.8, 4) is 33.7 Å². The van der Waals surface area contributed by atoms with Crippen LogP contribution in [0.2, 0.25) is 0 Å². The molecule has 0 bridgehead atoms. The maximum atomic E-state index is 6.35. The first-order chi connectivity index (χ1) is 23.8. The van der Waals surface area contributed by atoms with E-state index in [4.69, 9.17) is 9.40 Å². The fraction of sp³-hybridized carbons (Fsp3) is 0. The predicted octanol–water partition coefficient (Wildman–Crippen LogP) is 12.6. The second-order valence-corrected chi connectivity index (χ2v) is 12.0. The highest BCUT2D eigenvalue weighted by Crippen LogP contribution is 2.40. The molecule has 0 fully saturated rings. The van der Waals surface area contributed by atoms with Gasteiger partial charge in [0, 0.05) is 28.0 Å². The Balaban J connectivity index is 1.12. The van der Waals surface area contributed by atoms with E-state index in [1.807, 2.05) is 30.3 Å². The number of rotatable bonds is 6. The number of aromatic nitrogens is 1. The molecular formula is C45H30N2O. The molecule has 0 saturated heterocycles. The number of hydrogen-bond donors (Lipinski definition) is 0. The molecule has 0 radical (unpaired) electrons. The van der Waals surface area contributed by atoms with Crippen molar-refractivity contribution in [2.45, 2.75) is 0 Å². The number of benzene rings is 8. The quantitative estimate of drug-likeness (QED) is 0.187. The number of fused-ring (bicyclic) bond motifs is 4. The van der Waals surface area contributed by atoms with Crippen molar-refractivity contribution in [2.75, 3.05) is 4.90 Å². The van der Waals surface area contributed by atoms with Crippen LogP contribution in [-0.2, 0) is 0 Å². The maximum Gasteiger partial charge on any atom is 0.227 e. The maximum absolute atomic E-state index is 6.35. The summed E-state index contributed by atoms with van der Waals surface area (Å²) in [7, 11) is 0. The molecule has 0 aliphatic heterocycles. The summed E-state index contributed by atoms with van der Waals surface area (Å²) >= 11 is 0. The standard InChI is InChI=1S/C45H30N2O/c1-4-12-31(13-5-1)32-22-25-38(26-23-32)47(37-16-8-3-9-17-37)39-27-24-34-28-36(21-20-35(34)29-39)42-30-43-44(41-19-11-10-18-40(41)42)46-45(48-43)33-14-6-2-7-15-33/h1-30H. The zero-order valence-corrected chi connectivity index (χ0v) is 26.1. The van der Waals surface area contributed by atoms with Crippen LogP contribution in [0.4, 0.5) is 17.1 Å². The zero-order chi connectivity index (χ0) is 31.9. The average molecular weight is 615 g/mol. The summed E-state index contributed by atoms with van der Waals surface area (Å²) in [6, 6.07) is 64.0. The van der Waals surface area contributed by atoms with Gasteiger partial charge in [-0.25, -0.2) is 4.98 Å². The summed E-state index contributed by atoms with van der Waals surface area (Å²) in [5.74, 6) is 0.636. The molecule has 1 aromatic heterocycles. The lowest BCUT2D eigenvalue weighted by molar-refractivity contribution is 0.620. The van der Waals surface area contributed by atoms with Crippen LogP contribution < -0.4 is 4.90 Å². The molecule has 0 aliphatic carbocycles. The van der Waals surface area contributed by atoms with Gasteiger partial charge in [-0.3, -0.25) is 0 Å². The van der Waals surface area contributed by atoms with Crippen LogP contribution in [0.1, 0.15) is 0 Å². The van der Waals surface area contributed by atoms with Crippen LogP contribution in [-0.4, -0.2) is 4.98 Å². The van der Waals surface area contributed by atoms with E-state index in [1.54, 1.807) is 0 Å². The van der Waals surface area contributed by atoms with E-state index in [2.05, 4.69) is 157 Å². The number of anilines is 3. The first-order valence-electron chi connectivity index (χ1n) is 16.2. The van der Waals surface area contributed by atoms with Gasteiger partial charge in [0.2, 0.25) is 5.89 Å². The first kappa shape index (κ1) is 27.8. The summed E-state index contributed by atoms with van der Waals surface area (Å²) < 4.78 is 6.35. The van der Waals surface area contributed by atoms with Crippen molar-refractivity contribution >= 4 is 49.7 Å². The van der Waals surface area contributed by atoms with Crippen molar-refractivity contribution < 1.29 is 4.42 Å². The van der Waals surface area contributed by atoms with Gasteiger partial charge >= 0.3 is 0 Å². The lowest BCUT2D eigenvalue weighted by Crippen LogP contribution is -2.09. The van der Waals surface area contributed by atoms with Gasteiger partial charge in [-0.2, -0.15) is 0 Å². The molecule has 1 heterocycles. The fourth-order valence-corrected chi connectivity index (χ4v) is 6.70. The number of para-hydroxylation sites is 1. The third kappa shape index (κ3) is 4.99. The molecule has 48 heavy (non-hydrogen) atoms. The van der Waals surface area contributed by atoms with Gasteiger partial charge in [-0.15, -0.1) is 0 Å². The van der Waals surface area contributed by atoms with Gasteiger partial charge in [-0.1, -0.05) is 121 Å². The summed E-state index contributed by atoms with van der Waals surface area (Å²) in [6.45, 7) is 0. The van der Waals surface area contributed by atoms with E-state index < -0.39 is 0 Å². The van der Waals surface area contributed by atoms with Crippen molar-refractivity contribution in [1.82, 2.24) is 4.98 Å². The highest BCUT2D eigenvalue weighted by atomic mass is 16.3. The van der Waals surface area contributed by atoms with Crippen LogP contribution in [0.25, 0.3) is 66.4 Å². The highest BCUT2D eigenvalue weighted by molar-refractivity contribution is 6.11. The van der Waals surface area contributed by atoms with Gasteiger partial charge in [0.25, 0.3) is 0 Å². The summed E-state index contributed by atoms with van der Waals surface area (Å²) in [5, 5.41) is 4.59. The van der Waals surface area contributed by atoms with E-state index in [9.17, 15) is 0 Å². The Kier molecular flexibility index (Phi) is 6.80. The summed E-state index contributed by atoms with van der Waals surface area (Å²) in [6.07, 6.45) is 0. The van der Waals surface area contributed by atoms with Gasteiger partial charge in [-0.05, 0) is 99.1 Å². The van der Waals surface area contributed by atoms with Crippen molar-refractivity contribution in [1.29, 1.82) is 0 Å². The second-order valence-electron chi connectivity index (χ2n) is 12.0. The molecule has 0 aliphatic rings. The molecule has 3 heteroatoms. The van der Waals surface area contributed by atoms with Crippen molar-refractivity contribution in [2.24, 2.45) is 0 Å². The minimum Gasteiger partial charge on any atom is -0.436 e. The molecule has 226 valence electrons. The Morgan fingerprint density at radius 3 is 1.69 bits per heavy atom. The number of nitrogens with zero attached hydrogens (tertiary/aromatic N) is 2. The van der Waals surface area contributed by atoms with Gasteiger partial charge in [0.1, 0.15) is 5.52 Å². The van der Waals surface area contributed by atoms with Gasteiger partial charge in [0.15, 0.2) is 5.58 Å². The smallest absolute Gasteiger partial charge is 0.227 e. The van der Waals surface area contributed by atoms with Crippen LogP contribution in [0, 0.1) is 0 Å². The third-order valence-corrected chi connectivity index (χ3v) is 9.06. The number of oxazole rings is 1. The SMILES string of the molecule is c1ccc(-c2ccc(N(c3ccccc3)c3ccc4cc(-c5cc6oc(-c7ccccc7)nc6c6ccccc56)ccc4c3)cc2)cc1. The van der Waals surface area contributed by atoms with Gasteiger partial charge in [0.05, 0.1) is 0 Å². The normalized spacial score (nSPS) is 11.3. The molecule has 0 spiro atoms. The Bertz CT molecular complexity index is 2540. The van der Waals surface area contributed by atoms with E-state index in [0.29, 0.717) is 5.89 Å². The molecular weight excluding hydrogens is 585 g/mol. The Labute approximate surface area is 279 Å². The summed E-state index contributed by atoms with van der Waals surface area (Å²) in [4.78, 5) is 7.24. The average Bonchev–Trinajstić information content (AvgIpc) is 3.61. The lowest BCUT2D eigenvalue weighted by atomic mass is 9.95. The second kappa shape index (κ2) is 11.7. The minimum absolute atomic E-state index is 0.636. The molecule has 0 amide bonds. The summed E-state index contributed by atoms with van der Waals surface area (Å²) in [5.41, 5.74) is 10.7. The highest BCUT2D eigenvalue weighted by Gasteiger charge is 2.17. The van der Waals surface area contributed by atoms with E-state index >= 15 is 0 Å². The minimum atomic E-state index is 0.636. The molecule has 8 aromatic carbocycles. The van der Waals surface area contributed by atoms with Crippen LogP contribution in [0.5, 0.6) is 0 Å². The Hall–Kier alpha value is -6.45. The number of hydrogen-bond acceptors (Lipinski definition) is 3. The predicted molar refractivity (Wildman–Crippen MR) is 200 cm³/mol.